The number of hydrogen-bond donors (Lipinski definition) is 2. The van der Waals surface area contributed by atoms with Crippen LogP contribution in [0.15, 0.2) is 36.7 Å². The molecule has 0 saturated carbocycles. The SMILES string of the molecule is CC(CC(=O)N1CCC(Nc2ncnc3[nH]c(C#CCOc4ccccc4Cl)cc23)C1)CN(C)C. The van der Waals surface area contributed by atoms with E-state index in [4.69, 9.17) is 16.3 Å². The number of H-pyrrole nitrogens is 1. The van der Waals surface area contributed by atoms with E-state index in [0.29, 0.717) is 35.3 Å². The molecule has 4 rings (SSSR count). The molecule has 184 valence electrons. The van der Waals surface area contributed by atoms with Crippen LogP contribution in [0.5, 0.6) is 5.75 Å². The number of aromatic nitrogens is 3. The minimum atomic E-state index is 0.148. The number of ether oxygens (including phenoxy) is 1. The molecule has 8 nitrogen and oxygen atoms in total. The highest BCUT2D eigenvalue weighted by Crippen LogP contribution is 2.24. The van der Waals surface area contributed by atoms with Crippen molar-refractivity contribution >= 4 is 34.4 Å². The average Bonchev–Trinajstić information content (AvgIpc) is 3.45. The van der Waals surface area contributed by atoms with Crippen LogP contribution < -0.4 is 10.1 Å². The van der Waals surface area contributed by atoms with Crippen LogP contribution in [0.1, 0.15) is 25.5 Å². The standard InChI is InChI=1S/C26H31ClN6O2/c1-18(15-32(2)3)13-24(34)33-11-10-20(16-33)31-26-21-14-19(30-25(21)28-17-29-26)7-6-12-35-23-9-5-4-8-22(23)27/h4-5,8-9,14,17-18,20H,10-13,15-16H2,1-3H3,(H2,28,29,30,31). The molecular formula is C26H31ClN6O2. The molecule has 1 aliphatic rings. The summed E-state index contributed by atoms with van der Waals surface area (Å²) in [6, 6.07) is 9.38. The molecule has 35 heavy (non-hydrogen) atoms. The van der Waals surface area contributed by atoms with Crippen LogP contribution in [-0.2, 0) is 4.79 Å². The van der Waals surface area contributed by atoms with Gasteiger partial charge in [-0.25, -0.2) is 9.97 Å². The van der Waals surface area contributed by atoms with E-state index in [1.165, 1.54) is 6.33 Å². The Kier molecular flexibility index (Phi) is 8.11. The first-order valence-electron chi connectivity index (χ1n) is 11.8. The van der Waals surface area contributed by atoms with Crippen molar-refractivity contribution in [1.29, 1.82) is 0 Å². The largest absolute Gasteiger partial charge is 0.479 e. The van der Waals surface area contributed by atoms with Gasteiger partial charge in [0.05, 0.1) is 16.1 Å². The van der Waals surface area contributed by atoms with Gasteiger partial charge >= 0.3 is 0 Å². The Morgan fingerprint density at radius 2 is 2.20 bits per heavy atom. The lowest BCUT2D eigenvalue weighted by Crippen LogP contribution is -2.34. The van der Waals surface area contributed by atoms with Crippen LogP contribution in [0, 0.1) is 17.8 Å². The fraction of sp³-hybridized carbons (Fsp3) is 0.423. The fourth-order valence-corrected chi connectivity index (χ4v) is 4.53. The van der Waals surface area contributed by atoms with E-state index in [1.807, 2.05) is 43.3 Å². The Balaban J connectivity index is 1.35. The van der Waals surface area contributed by atoms with Gasteiger partial charge in [0, 0.05) is 32.1 Å². The molecule has 1 aliphatic heterocycles. The van der Waals surface area contributed by atoms with Gasteiger partial charge < -0.3 is 24.8 Å². The molecule has 1 amide bonds. The maximum absolute atomic E-state index is 12.7. The monoisotopic (exact) mass is 494 g/mol. The Morgan fingerprint density at radius 3 is 3.00 bits per heavy atom. The second kappa shape index (κ2) is 11.4. The second-order valence-electron chi connectivity index (χ2n) is 9.23. The maximum Gasteiger partial charge on any atom is 0.222 e. The van der Waals surface area contributed by atoms with Crippen LogP contribution in [-0.4, -0.2) is 77.0 Å². The van der Waals surface area contributed by atoms with Crippen LogP contribution >= 0.6 is 11.6 Å². The van der Waals surface area contributed by atoms with Crippen LogP contribution in [0.25, 0.3) is 11.0 Å². The van der Waals surface area contributed by atoms with Gasteiger partial charge in [0.15, 0.2) is 0 Å². The molecule has 0 bridgehead atoms. The number of fused-ring (bicyclic) bond motifs is 1. The molecule has 9 heteroatoms. The van der Waals surface area contributed by atoms with E-state index < -0.39 is 0 Å². The number of carbonyl (C=O) groups excluding carboxylic acids is 1. The van der Waals surface area contributed by atoms with E-state index in [9.17, 15) is 4.79 Å². The summed E-state index contributed by atoms with van der Waals surface area (Å²) in [5, 5.41) is 4.93. The first-order chi connectivity index (χ1) is 16.9. The fourth-order valence-electron chi connectivity index (χ4n) is 4.34. The molecule has 0 aliphatic carbocycles. The first kappa shape index (κ1) is 24.8. The molecule has 2 atom stereocenters. The van der Waals surface area contributed by atoms with Crippen molar-refractivity contribution in [2.75, 3.05) is 45.7 Å². The summed E-state index contributed by atoms with van der Waals surface area (Å²) in [5.74, 6) is 7.97. The van der Waals surface area contributed by atoms with Gasteiger partial charge in [-0.2, -0.15) is 0 Å². The number of nitrogens with one attached hydrogen (secondary N) is 2. The topological polar surface area (TPSA) is 86.4 Å². The third-order valence-electron chi connectivity index (χ3n) is 5.87. The molecule has 0 radical (unpaired) electrons. The van der Waals surface area contributed by atoms with Crippen LogP contribution in [0.2, 0.25) is 5.02 Å². The summed E-state index contributed by atoms with van der Waals surface area (Å²) in [6.45, 7) is 4.68. The predicted octanol–water partition coefficient (Wildman–Crippen LogP) is 3.64. The van der Waals surface area contributed by atoms with E-state index in [1.54, 1.807) is 6.07 Å². The average molecular weight is 495 g/mol. The lowest BCUT2D eigenvalue weighted by atomic mass is 10.1. The Bertz CT molecular complexity index is 1230. The number of aromatic amines is 1. The minimum absolute atomic E-state index is 0.148. The summed E-state index contributed by atoms with van der Waals surface area (Å²) in [5.41, 5.74) is 1.44. The van der Waals surface area contributed by atoms with E-state index in [2.05, 4.69) is 43.9 Å². The molecule has 2 N–H and O–H groups in total. The van der Waals surface area contributed by atoms with E-state index in [0.717, 1.165) is 36.4 Å². The summed E-state index contributed by atoms with van der Waals surface area (Å²) < 4.78 is 5.62. The number of likely N-dealkylation sites (tertiary alicyclic amines) is 1. The second-order valence-corrected chi connectivity index (χ2v) is 9.64. The number of amides is 1. The van der Waals surface area contributed by atoms with Crippen molar-refractivity contribution in [1.82, 2.24) is 24.8 Å². The van der Waals surface area contributed by atoms with Crippen LogP contribution in [0.4, 0.5) is 5.82 Å². The first-order valence-corrected chi connectivity index (χ1v) is 12.2. The van der Waals surface area contributed by atoms with Crippen molar-refractivity contribution in [3.05, 3.63) is 47.4 Å². The van der Waals surface area contributed by atoms with Gasteiger partial charge in [0.2, 0.25) is 5.91 Å². The lowest BCUT2D eigenvalue weighted by molar-refractivity contribution is -0.131. The zero-order valence-corrected chi connectivity index (χ0v) is 21.1. The number of para-hydroxylation sites is 1. The van der Waals surface area contributed by atoms with Gasteiger partial charge in [-0.15, -0.1) is 0 Å². The van der Waals surface area contributed by atoms with Crippen molar-refractivity contribution in [3.8, 4) is 17.6 Å². The minimum Gasteiger partial charge on any atom is -0.479 e. The van der Waals surface area contributed by atoms with Crippen molar-refractivity contribution in [3.63, 3.8) is 0 Å². The summed E-state index contributed by atoms with van der Waals surface area (Å²) in [6.07, 6.45) is 2.98. The number of hydrogen-bond acceptors (Lipinski definition) is 6. The molecule has 1 aromatic carbocycles. The third-order valence-corrected chi connectivity index (χ3v) is 6.18. The predicted molar refractivity (Wildman–Crippen MR) is 139 cm³/mol. The van der Waals surface area contributed by atoms with Gasteiger partial charge in [0.1, 0.15) is 30.1 Å². The lowest BCUT2D eigenvalue weighted by Gasteiger charge is -2.21. The number of nitrogens with zero attached hydrogens (tertiary/aromatic N) is 4. The molecule has 1 saturated heterocycles. The molecule has 2 unspecified atom stereocenters. The molecule has 3 aromatic rings. The maximum atomic E-state index is 12.7. The van der Waals surface area contributed by atoms with Crippen molar-refractivity contribution in [2.24, 2.45) is 5.92 Å². The van der Waals surface area contributed by atoms with Gasteiger partial charge in [-0.1, -0.05) is 36.6 Å². The van der Waals surface area contributed by atoms with Crippen molar-refractivity contribution < 1.29 is 9.53 Å². The van der Waals surface area contributed by atoms with Crippen LogP contribution in [0.3, 0.4) is 0 Å². The normalized spacial score (nSPS) is 16.3. The number of rotatable bonds is 8. The van der Waals surface area contributed by atoms with Gasteiger partial charge in [-0.05, 0) is 50.6 Å². The third kappa shape index (κ3) is 6.65. The molecule has 0 spiro atoms. The zero-order valence-electron chi connectivity index (χ0n) is 20.3. The number of halogens is 1. The Labute approximate surface area is 211 Å². The zero-order chi connectivity index (χ0) is 24.8. The smallest absolute Gasteiger partial charge is 0.222 e. The summed E-state index contributed by atoms with van der Waals surface area (Å²) in [7, 11) is 4.07. The van der Waals surface area contributed by atoms with Crippen molar-refractivity contribution in [2.45, 2.75) is 25.8 Å². The van der Waals surface area contributed by atoms with E-state index >= 15 is 0 Å². The highest BCUT2D eigenvalue weighted by Gasteiger charge is 2.27. The molecule has 1 fully saturated rings. The molecule has 3 heterocycles. The molecule has 2 aromatic heterocycles. The highest BCUT2D eigenvalue weighted by molar-refractivity contribution is 6.32. The van der Waals surface area contributed by atoms with Gasteiger partial charge in [-0.3, -0.25) is 4.79 Å². The molecular weight excluding hydrogens is 464 g/mol. The number of anilines is 1. The van der Waals surface area contributed by atoms with E-state index in [-0.39, 0.29) is 18.6 Å². The van der Waals surface area contributed by atoms with Gasteiger partial charge in [0.25, 0.3) is 0 Å². The summed E-state index contributed by atoms with van der Waals surface area (Å²) in [4.78, 5) is 28.8. The summed E-state index contributed by atoms with van der Waals surface area (Å²) >= 11 is 6.10. The Hall–Kier alpha value is -3.28. The highest BCUT2D eigenvalue weighted by atomic mass is 35.5. The Morgan fingerprint density at radius 1 is 1.37 bits per heavy atom. The quantitative estimate of drug-likeness (QED) is 0.465. The number of benzene rings is 1. The number of carbonyl (C=O) groups is 1.